The third-order valence-electron chi connectivity index (χ3n) is 1.28. The van der Waals surface area contributed by atoms with Gasteiger partial charge in [-0.15, -0.1) is 0 Å². The van der Waals surface area contributed by atoms with Crippen molar-refractivity contribution in [3.63, 3.8) is 0 Å². The maximum atomic E-state index is 10.6. The van der Waals surface area contributed by atoms with Crippen LogP contribution in [0.3, 0.4) is 0 Å². The second-order valence-electron chi connectivity index (χ2n) is 2.09. The van der Waals surface area contributed by atoms with Gasteiger partial charge in [0.1, 0.15) is 5.15 Å². The molecule has 0 fully saturated rings. The second-order valence-corrected chi connectivity index (χ2v) is 2.44. The molecule has 1 rings (SSSR count). The number of carbonyl (C=O) groups excluding carboxylic acids is 2. The van der Waals surface area contributed by atoms with Crippen LogP contribution in [0, 0.1) is 0 Å². The van der Waals surface area contributed by atoms with E-state index in [4.69, 9.17) is 17.3 Å². The summed E-state index contributed by atoms with van der Waals surface area (Å²) >= 11 is 5.51. The molecule has 1 amide bonds. The lowest BCUT2D eigenvalue weighted by molar-refractivity contribution is 0.1000. The van der Waals surface area contributed by atoms with Crippen LogP contribution in [0.5, 0.6) is 0 Å². The maximum Gasteiger partial charge on any atom is 0.250 e. The second kappa shape index (κ2) is 3.32. The summed E-state index contributed by atoms with van der Waals surface area (Å²) in [6.07, 6.45) is 1.74. The number of aldehydes is 1. The monoisotopic (exact) mass is 184 g/mol. The van der Waals surface area contributed by atoms with E-state index in [1.54, 1.807) is 0 Å². The SMILES string of the molecule is NC(=O)c1cnc(Cl)c(C=O)c1. The fraction of sp³-hybridized carbons (Fsp3) is 0. The summed E-state index contributed by atoms with van der Waals surface area (Å²) in [4.78, 5) is 24.5. The van der Waals surface area contributed by atoms with Crippen molar-refractivity contribution in [3.05, 3.63) is 28.5 Å². The van der Waals surface area contributed by atoms with E-state index in [2.05, 4.69) is 4.98 Å². The van der Waals surface area contributed by atoms with Crippen molar-refractivity contribution < 1.29 is 9.59 Å². The molecule has 2 N–H and O–H groups in total. The van der Waals surface area contributed by atoms with E-state index in [1.807, 2.05) is 0 Å². The Kier molecular flexibility index (Phi) is 2.40. The first-order chi connectivity index (χ1) is 5.65. The van der Waals surface area contributed by atoms with Crippen molar-refractivity contribution in [2.24, 2.45) is 5.73 Å². The van der Waals surface area contributed by atoms with Gasteiger partial charge in [-0.1, -0.05) is 11.6 Å². The van der Waals surface area contributed by atoms with Crippen LogP contribution in [0.1, 0.15) is 20.7 Å². The molecular weight excluding hydrogens is 180 g/mol. The van der Waals surface area contributed by atoms with Crippen molar-refractivity contribution in [2.75, 3.05) is 0 Å². The molecule has 12 heavy (non-hydrogen) atoms. The van der Waals surface area contributed by atoms with E-state index in [9.17, 15) is 9.59 Å². The number of hydrogen-bond acceptors (Lipinski definition) is 3. The molecule has 0 atom stereocenters. The highest BCUT2D eigenvalue weighted by molar-refractivity contribution is 6.31. The average molecular weight is 185 g/mol. The predicted molar refractivity (Wildman–Crippen MR) is 43.2 cm³/mol. The van der Waals surface area contributed by atoms with E-state index < -0.39 is 5.91 Å². The van der Waals surface area contributed by atoms with E-state index in [0.29, 0.717) is 6.29 Å². The third kappa shape index (κ3) is 1.60. The maximum absolute atomic E-state index is 10.6. The zero-order valence-electron chi connectivity index (χ0n) is 5.95. The van der Waals surface area contributed by atoms with Gasteiger partial charge in [-0.2, -0.15) is 0 Å². The number of pyridine rings is 1. The van der Waals surface area contributed by atoms with Crippen LogP contribution < -0.4 is 5.73 Å². The molecular formula is C7H5ClN2O2. The van der Waals surface area contributed by atoms with Crippen LogP contribution in [-0.4, -0.2) is 17.2 Å². The lowest BCUT2D eigenvalue weighted by atomic mass is 10.2. The summed E-state index contributed by atoms with van der Waals surface area (Å²) in [5.74, 6) is -0.637. The van der Waals surface area contributed by atoms with Gasteiger partial charge in [0.2, 0.25) is 5.91 Å². The van der Waals surface area contributed by atoms with Gasteiger partial charge in [0, 0.05) is 6.20 Å². The van der Waals surface area contributed by atoms with Crippen molar-refractivity contribution in [1.29, 1.82) is 0 Å². The summed E-state index contributed by atoms with van der Waals surface area (Å²) in [6, 6.07) is 1.30. The first kappa shape index (κ1) is 8.67. The van der Waals surface area contributed by atoms with Crippen molar-refractivity contribution >= 4 is 23.8 Å². The van der Waals surface area contributed by atoms with Crippen LogP contribution in [0.4, 0.5) is 0 Å². The third-order valence-corrected chi connectivity index (χ3v) is 1.59. The summed E-state index contributed by atoms with van der Waals surface area (Å²) in [5, 5.41) is 0.0648. The quantitative estimate of drug-likeness (QED) is 0.542. The Morgan fingerprint density at radius 1 is 1.67 bits per heavy atom. The fourth-order valence-electron chi connectivity index (χ4n) is 0.682. The topological polar surface area (TPSA) is 73.1 Å². The average Bonchev–Trinajstić information content (AvgIpc) is 2.05. The molecule has 0 aliphatic rings. The molecule has 5 heteroatoms. The van der Waals surface area contributed by atoms with Gasteiger partial charge in [-0.25, -0.2) is 4.98 Å². The Bertz CT molecular complexity index is 338. The molecule has 0 bridgehead atoms. The van der Waals surface area contributed by atoms with Gasteiger partial charge < -0.3 is 5.73 Å². The number of aromatic nitrogens is 1. The Labute approximate surface area is 73.3 Å². The molecule has 0 saturated carbocycles. The summed E-state index contributed by atoms with van der Waals surface area (Å²) in [6.45, 7) is 0. The fourth-order valence-corrected chi connectivity index (χ4v) is 0.830. The number of nitrogens with two attached hydrogens (primary N) is 1. The molecule has 0 aliphatic carbocycles. The highest BCUT2D eigenvalue weighted by Gasteiger charge is 2.05. The molecule has 0 radical (unpaired) electrons. The smallest absolute Gasteiger partial charge is 0.250 e. The molecule has 0 saturated heterocycles. The minimum atomic E-state index is -0.637. The predicted octanol–water partition coefficient (Wildman–Crippen LogP) is 0.646. The minimum absolute atomic E-state index is 0.0648. The largest absolute Gasteiger partial charge is 0.366 e. The first-order valence-electron chi connectivity index (χ1n) is 3.05. The molecule has 0 unspecified atom stereocenters. The van der Waals surface area contributed by atoms with E-state index in [1.165, 1.54) is 12.3 Å². The molecule has 0 aliphatic heterocycles. The lowest BCUT2D eigenvalue weighted by Gasteiger charge is -1.96. The molecule has 62 valence electrons. The molecule has 0 spiro atoms. The van der Waals surface area contributed by atoms with E-state index >= 15 is 0 Å². The van der Waals surface area contributed by atoms with Gasteiger partial charge in [-0.05, 0) is 6.07 Å². The Hall–Kier alpha value is -1.42. The molecule has 1 heterocycles. The summed E-state index contributed by atoms with van der Waals surface area (Å²) < 4.78 is 0. The number of amides is 1. The number of nitrogens with zero attached hydrogens (tertiary/aromatic N) is 1. The molecule has 0 aromatic carbocycles. The lowest BCUT2D eigenvalue weighted by Crippen LogP contribution is -2.11. The van der Waals surface area contributed by atoms with Crippen molar-refractivity contribution in [3.8, 4) is 0 Å². The van der Waals surface area contributed by atoms with Gasteiger partial charge >= 0.3 is 0 Å². The standard InChI is InChI=1S/C7H5ClN2O2/c8-6-5(3-11)1-4(2-10-6)7(9)12/h1-3H,(H2,9,12). The normalized spacial score (nSPS) is 9.42. The zero-order valence-corrected chi connectivity index (χ0v) is 6.71. The molecule has 1 aromatic rings. The Morgan fingerprint density at radius 3 is 2.83 bits per heavy atom. The molecule has 4 nitrogen and oxygen atoms in total. The van der Waals surface area contributed by atoms with Crippen molar-refractivity contribution in [2.45, 2.75) is 0 Å². The number of halogens is 1. The summed E-state index contributed by atoms with van der Waals surface area (Å²) in [5.41, 5.74) is 5.28. The van der Waals surface area contributed by atoms with E-state index in [-0.39, 0.29) is 16.3 Å². The highest BCUT2D eigenvalue weighted by Crippen LogP contribution is 2.11. The number of primary amides is 1. The van der Waals surface area contributed by atoms with E-state index in [0.717, 1.165) is 0 Å². The van der Waals surface area contributed by atoms with Gasteiger partial charge in [0.05, 0.1) is 11.1 Å². The Morgan fingerprint density at radius 2 is 2.33 bits per heavy atom. The van der Waals surface area contributed by atoms with Gasteiger partial charge in [0.25, 0.3) is 0 Å². The number of hydrogen-bond donors (Lipinski definition) is 1. The van der Waals surface area contributed by atoms with Crippen LogP contribution in [0.2, 0.25) is 5.15 Å². The number of rotatable bonds is 2. The van der Waals surface area contributed by atoms with Gasteiger partial charge in [0.15, 0.2) is 6.29 Å². The van der Waals surface area contributed by atoms with Gasteiger partial charge in [-0.3, -0.25) is 9.59 Å². The zero-order chi connectivity index (χ0) is 9.14. The highest BCUT2D eigenvalue weighted by atomic mass is 35.5. The van der Waals surface area contributed by atoms with Crippen LogP contribution in [0.15, 0.2) is 12.3 Å². The van der Waals surface area contributed by atoms with Crippen LogP contribution in [0.25, 0.3) is 0 Å². The first-order valence-corrected chi connectivity index (χ1v) is 3.43. The summed E-state index contributed by atoms with van der Waals surface area (Å²) in [7, 11) is 0. The van der Waals surface area contributed by atoms with Crippen LogP contribution >= 0.6 is 11.6 Å². The Balaban J connectivity index is 3.22. The van der Waals surface area contributed by atoms with Crippen molar-refractivity contribution in [1.82, 2.24) is 4.98 Å². The molecule has 1 aromatic heterocycles. The number of carbonyl (C=O) groups is 2. The van der Waals surface area contributed by atoms with Crippen LogP contribution in [-0.2, 0) is 0 Å². The minimum Gasteiger partial charge on any atom is -0.366 e.